The van der Waals surface area contributed by atoms with Gasteiger partial charge < -0.3 is 10.1 Å². The van der Waals surface area contributed by atoms with Crippen LogP contribution in [0, 0.1) is 13.8 Å². The van der Waals surface area contributed by atoms with Crippen molar-refractivity contribution in [3.05, 3.63) is 89.2 Å². The Morgan fingerprint density at radius 3 is 2.48 bits per heavy atom. The molecule has 7 nitrogen and oxygen atoms in total. The van der Waals surface area contributed by atoms with Crippen molar-refractivity contribution < 1.29 is 9.53 Å². The molecule has 2 aromatic heterocycles. The molecule has 2 aromatic carbocycles. The van der Waals surface area contributed by atoms with Gasteiger partial charge in [-0.2, -0.15) is 4.98 Å². The summed E-state index contributed by atoms with van der Waals surface area (Å²) in [4.78, 5) is 25.3. The summed E-state index contributed by atoms with van der Waals surface area (Å²) in [6, 6.07) is 16.1. The third kappa shape index (κ3) is 5.26. The third-order valence-corrected chi connectivity index (χ3v) is 4.76. The zero-order valence-corrected chi connectivity index (χ0v) is 17.8. The van der Waals surface area contributed by atoms with Gasteiger partial charge in [-0.25, -0.2) is 9.97 Å². The molecule has 0 atom stereocenters. The number of carbonyl (C=O) groups excluding carboxylic acids is 1. The highest BCUT2D eigenvalue weighted by Gasteiger charge is 2.09. The number of hydrogen-bond donors (Lipinski definition) is 1. The number of nitrogens with one attached hydrogen (secondary N) is 1. The van der Waals surface area contributed by atoms with Gasteiger partial charge in [-0.05, 0) is 55.8 Å². The maximum absolute atomic E-state index is 12.3. The Bertz CT molecular complexity index is 1200. The smallest absolute Gasteiger partial charge is 0.228 e. The van der Waals surface area contributed by atoms with Crippen molar-refractivity contribution in [2.45, 2.75) is 20.3 Å². The van der Waals surface area contributed by atoms with Crippen molar-refractivity contribution in [3.8, 4) is 17.4 Å². The zero-order chi connectivity index (χ0) is 21.8. The fourth-order valence-corrected chi connectivity index (χ4v) is 3.17. The summed E-state index contributed by atoms with van der Waals surface area (Å²) >= 11 is 5.88. The Morgan fingerprint density at radius 1 is 1.06 bits per heavy atom. The lowest BCUT2D eigenvalue weighted by Crippen LogP contribution is -2.14. The van der Waals surface area contributed by atoms with Gasteiger partial charge in [0, 0.05) is 29.2 Å². The first-order valence-corrected chi connectivity index (χ1v) is 10.0. The number of amides is 1. The average molecular weight is 434 g/mol. The molecule has 0 aliphatic heterocycles. The van der Waals surface area contributed by atoms with Crippen molar-refractivity contribution >= 4 is 23.2 Å². The number of hydrogen-bond acceptors (Lipinski definition) is 5. The van der Waals surface area contributed by atoms with Crippen molar-refractivity contribution in [1.29, 1.82) is 0 Å². The predicted molar refractivity (Wildman–Crippen MR) is 119 cm³/mol. The van der Waals surface area contributed by atoms with Gasteiger partial charge in [-0.1, -0.05) is 23.7 Å². The number of ether oxygens (including phenoxy) is 1. The van der Waals surface area contributed by atoms with Crippen LogP contribution in [0.3, 0.4) is 0 Å². The summed E-state index contributed by atoms with van der Waals surface area (Å²) < 4.78 is 7.76. The van der Waals surface area contributed by atoms with Gasteiger partial charge in [0.2, 0.25) is 11.8 Å². The summed E-state index contributed by atoms with van der Waals surface area (Å²) in [6.07, 6.45) is 3.82. The normalized spacial score (nSPS) is 10.7. The van der Waals surface area contributed by atoms with E-state index in [1.165, 1.54) is 0 Å². The quantitative estimate of drug-likeness (QED) is 0.467. The Morgan fingerprint density at radius 2 is 1.81 bits per heavy atom. The number of aromatic nitrogens is 4. The van der Waals surface area contributed by atoms with Crippen LogP contribution in [-0.4, -0.2) is 25.4 Å². The molecule has 1 amide bonds. The van der Waals surface area contributed by atoms with E-state index in [9.17, 15) is 4.79 Å². The first-order chi connectivity index (χ1) is 15.0. The van der Waals surface area contributed by atoms with Crippen LogP contribution in [0.2, 0.25) is 5.02 Å². The molecule has 0 saturated heterocycles. The number of anilines is 1. The zero-order valence-electron chi connectivity index (χ0n) is 17.0. The van der Waals surface area contributed by atoms with Crippen LogP contribution in [0.15, 0.2) is 67.0 Å². The molecule has 0 bridgehead atoms. The molecule has 156 valence electrons. The summed E-state index contributed by atoms with van der Waals surface area (Å²) in [5.74, 6) is 3.01. The second-order valence-electron chi connectivity index (χ2n) is 6.93. The highest BCUT2D eigenvalue weighted by atomic mass is 35.5. The van der Waals surface area contributed by atoms with Gasteiger partial charge in [-0.15, -0.1) is 0 Å². The maximum Gasteiger partial charge on any atom is 0.228 e. The topological polar surface area (TPSA) is 81.9 Å². The lowest BCUT2D eigenvalue weighted by molar-refractivity contribution is -0.115. The monoisotopic (exact) mass is 433 g/mol. The van der Waals surface area contributed by atoms with Gasteiger partial charge in [0.15, 0.2) is 0 Å². The summed E-state index contributed by atoms with van der Waals surface area (Å²) in [7, 11) is 0. The Kier molecular flexibility index (Phi) is 5.95. The summed E-state index contributed by atoms with van der Waals surface area (Å²) in [5.41, 5.74) is 1.57. The van der Waals surface area contributed by atoms with E-state index in [0.717, 1.165) is 11.4 Å². The van der Waals surface area contributed by atoms with Crippen molar-refractivity contribution in [3.63, 3.8) is 0 Å². The molecular formula is C23H20ClN5O2. The standard InChI is InChI=1S/C23H20ClN5O2/c1-15-26-21(29-12-11-25-16(29)2)14-23(27-15)31-20-9-7-19(8-10-20)28-22(30)13-17-3-5-18(24)6-4-17/h3-12,14H,13H2,1-2H3,(H,28,30). The van der Waals surface area contributed by atoms with E-state index >= 15 is 0 Å². The molecular weight excluding hydrogens is 414 g/mol. The molecule has 1 N–H and O–H groups in total. The first-order valence-electron chi connectivity index (χ1n) is 9.64. The van der Waals surface area contributed by atoms with Crippen LogP contribution in [0.1, 0.15) is 17.2 Å². The first kappa shape index (κ1) is 20.6. The maximum atomic E-state index is 12.3. The van der Waals surface area contributed by atoms with Crippen LogP contribution in [-0.2, 0) is 11.2 Å². The number of aryl methyl sites for hydroxylation is 2. The van der Waals surface area contributed by atoms with E-state index in [0.29, 0.717) is 34.0 Å². The van der Waals surface area contributed by atoms with Gasteiger partial charge in [0.1, 0.15) is 23.2 Å². The minimum Gasteiger partial charge on any atom is -0.439 e. The fraction of sp³-hybridized carbons (Fsp3) is 0.130. The number of halogens is 1. The van der Waals surface area contributed by atoms with Crippen LogP contribution in [0.5, 0.6) is 11.6 Å². The molecule has 31 heavy (non-hydrogen) atoms. The molecule has 0 aliphatic carbocycles. The van der Waals surface area contributed by atoms with Gasteiger partial charge in [0.05, 0.1) is 6.42 Å². The molecule has 0 spiro atoms. The molecule has 0 aliphatic rings. The van der Waals surface area contributed by atoms with Gasteiger partial charge in [-0.3, -0.25) is 9.36 Å². The molecule has 0 saturated carbocycles. The molecule has 0 unspecified atom stereocenters. The van der Waals surface area contributed by atoms with Crippen LogP contribution < -0.4 is 10.1 Å². The molecule has 4 rings (SSSR count). The van der Waals surface area contributed by atoms with Crippen molar-refractivity contribution in [1.82, 2.24) is 19.5 Å². The van der Waals surface area contributed by atoms with E-state index in [1.54, 1.807) is 48.7 Å². The summed E-state index contributed by atoms with van der Waals surface area (Å²) in [5, 5.41) is 3.52. The van der Waals surface area contributed by atoms with E-state index in [1.807, 2.05) is 36.7 Å². The van der Waals surface area contributed by atoms with Crippen LogP contribution >= 0.6 is 11.6 Å². The number of carbonyl (C=O) groups is 1. The second-order valence-corrected chi connectivity index (χ2v) is 7.37. The number of imidazole rings is 1. The minimum atomic E-state index is -0.109. The van der Waals surface area contributed by atoms with E-state index < -0.39 is 0 Å². The highest BCUT2D eigenvalue weighted by Crippen LogP contribution is 2.23. The molecule has 0 fully saturated rings. The average Bonchev–Trinajstić information content (AvgIpc) is 3.17. The number of nitrogens with zero attached hydrogens (tertiary/aromatic N) is 4. The summed E-state index contributed by atoms with van der Waals surface area (Å²) in [6.45, 7) is 3.71. The lowest BCUT2D eigenvalue weighted by atomic mass is 10.1. The van der Waals surface area contributed by atoms with Crippen LogP contribution in [0.4, 0.5) is 5.69 Å². The molecule has 0 radical (unpaired) electrons. The Balaban J connectivity index is 1.42. The fourth-order valence-electron chi connectivity index (χ4n) is 3.04. The molecule has 2 heterocycles. The molecule has 8 heteroatoms. The largest absolute Gasteiger partial charge is 0.439 e. The Hall–Kier alpha value is -3.71. The number of benzene rings is 2. The van der Waals surface area contributed by atoms with Gasteiger partial charge >= 0.3 is 0 Å². The van der Waals surface area contributed by atoms with Crippen molar-refractivity contribution in [2.75, 3.05) is 5.32 Å². The Labute approximate surface area is 184 Å². The lowest BCUT2D eigenvalue weighted by Gasteiger charge is -2.10. The van der Waals surface area contributed by atoms with Crippen LogP contribution in [0.25, 0.3) is 5.82 Å². The minimum absolute atomic E-state index is 0.109. The van der Waals surface area contributed by atoms with E-state index in [-0.39, 0.29) is 12.3 Å². The predicted octanol–water partition coefficient (Wildman–Crippen LogP) is 4.91. The molecule has 4 aromatic rings. The number of rotatable bonds is 6. The van der Waals surface area contributed by atoms with Crippen molar-refractivity contribution in [2.24, 2.45) is 0 Å². The van der Waals surface area contributed by atoms with Gasteiger partial charge in [0.25, 0.3) is 0 Å². The van der Waals surface area contributed by atoms with E-state index in [4.69, 9.17) is 16.3 Å². The highest BCUT2D eigenvalue weighted by molar-refractivity contribution is 6.30. The van der Waals surface area contributed by atoms with E-state index in [2.05, 4.69) is 20.3 Å². The third-order valence-electron chi connectivity index (χ3n) is 4.51. The SMILES string of the molecule is Cc1nc(Oc2ccc(NC(=O)Cc3ccc(Cl)cc3)cc2)cc(-n2ccnc2C)n1. The second kappa shape index (κ2) is 8.97.